The minimum absolute atomic E-state index is 0.0660. The van der Waals surface area contributed by atoms with Crippen LogP contribution in [0.5, 0.6) is 0 Å². The molecule has 0 aliphatic carbocycles. The van der Waals surface area contributed by atoms with Crippen molar-refractivity contribution in [1.29, 1.82) is 0 Å². The smallest absolute Gasteiger partial charge is 0.224 e. The number of carbonyl (C=O) groups is 1. The number of halogens is 2. The summed E-state index contributed by atoms with van der Waals surface area (Å²) in [5, 5.41) is 3.91. The summed E-state index contributed by atoms with van der Waals surface area (Å²) in [4.78, 5) is 18.6. The number of benzene rings is 1. The molecule has 19 heavy (non-hydrogen) atoms. The zero-order valence-electron chi connectivity index (χ0n) is 10.1. The van der Waals surface area contributed by atoms with Crippen LogP contribution in [0.2, 0.25) is 10.0 Å². The molecule has 0 saturated heterocycles. The fourth-order valence-corrected chi connectivity index (χ4v) is 2.13. The van der Waals surface area contributed by atoms with Crippen LogP contribution >= 0.6 is 23.2 Å². The first-order chi connectivity index (χ1) is 9.15. The summed E-state index contributed by atoms with van der Waals surface area (Å²) >= 11 is 11.8. The number of aromatic nitrogens is 2. The normalized spacial score (nSPS) is 10.4. The first-order valence-electron chi connectivity index (χ1n) is 5.83. The van der Waals surface area contributed by atoms with E-state index < -0.39 is 0 Å². The van der Waals surface area contributed by atoms with Crippen LogP contribution in [0.4, 0.5) is 0 Å². The summed E-state index contributed by atoms with van der Waals surface area (Å²) in [6.07, 6.45) is 4.33. The SMILES string of the molecule is O=C(Cc1ccc(Cl)cc1Cl)NCCc1cnc[nH]1. The lowest BCUT2D eigenvalue weighted by Gasteiger charge is -2.06. The van der Waals surface area contributed by atoms with E-state index in [0.29, 0.717) is 16.6 Å². The molecule has 0 aliphatic rings. The second-order valence-electron chi connectivity index (χ2n) is 4.09. The second-order valence-corrected chi connectivity index (χ2v) is 4.93. The molecule has 0 fully saturated rings. The number of nitrogens with one attached hydrogen (secondary N) is 2. The number of H-pyrrole nitrogens is 1. The molecule has 0 radical (unpaired) electrons. The van der Waals surface area contributed by atoms with Gasteiger partial charge in [0.05, 0.1) is 12.7 Å². The molecule has 0 unspecified atom stereocenters. The average Bonchev–Trinajstić information content (AvgIpc) is 2.86. The Hall–Kier alpha value is -1.52. The van der Waals surface area contributed by atoms with Crippen LogP contribution in [0.25, 0.3) is 0 Å². The van der Waals surface area contributed by atoms with Crippen LogP contribution in [-0.2, 0) is 17.6 Å². The standard InChI is InChI=1S/C13H13Cl2N3O/c14-10-2-1-9(12(15)6-10)5-13(19)17-4-3-11-7-16-8-18-11/h1-2,6-8H,3-5H2,(H,16,18)(H,17,19). The molecule has 6 heteroatoms. The van der Waals surface area contributed by atoms with Crippen molar-refractivity contribution >= 4 is 29.1 Å². The molecule has 1 aromatic heterocycles. The molecule has 1 aromatic carbocycles. The van der Waals surface area contributed by atoms with Gasteiger partial charge in [-0.05, 0) is 17.7 Å². The Morgan fingerprint density at radius 2 is 2.21 bits per heavy atom. The van der Waals surface area contributed by atoms with Crippen LogP contribution < -0.4 is 5.32 Å². The van der Waals surface area contributed by atoms with Crippen LogP contribution in [0, 0.1) is 0 Å². The van der Waals surface area contributed by atoms with Crippen LogP contribution in [0.1, 0.15) is 11.3 Å². The van der Waals surface area contributed by atoms with Crippen molar-refractivity contribution in [2.24, 2.45) is 0 Å². The molecule has 0 atom stereocenters. The van der Waals surface area contributed by atoms with Gasteiger partial charge in [-0.15, -0.1) is 0 Å². The molecule has 100 valence electrons. The van der Waals surface area contributed by atoms with Crippen molar-refractivity contribution in [2.75, 3.05) is 6.54 Å². The van der Waals surface area contributed by atoms with Gasteiger partial charge >= 0.3 is 0 Å². The highest BCUT2D eigenvalue weighted by Crippen LogP contribution is 2.21. The number of hydrogen-bond donors (Lipinski definition) is 2. The van der Waals surface area contributed by atoms with Crippen LogP contribution in [-0.4, -0.2) is 22.4 Å². The first-order valence-corrected chi connectivity index (χ1v) is 6.58. The van der Waals surface area contributed by atoms with Gasteiger partial charge in [-0.25, -0.2) is 4.98 Å². The zero-order chi connectivity index (χ0) is 13.7. The van der Waals surface area contributed by atoms with Crippen LogP contribution in [0.3, 0.4) is 0 Å². The van der Waals surface area contributed by atoms with Gasteiger partial charge in [0.1, 0.15) is 0 Å². The Morgan fingerprint density at radius 3 is 2.89 bits per heavy atom. The Labute approximate surface area is 121 Å². The number of carbonyl (C=O) groups excluding carboxylic acids is 1. The van der Waals surface area contributed by atoms with Gasteiger partial charge in [0, 0.05) is 34.9 Å². The monoisotopic (exact) mass is 297 g/mol. The Balaban J connectivity index is 1.80. The highest BCUT2D eigenvalue weighted by atomic mass is 35.5. The molecule has 1 amide bonds. The molecule has 4 nitrogen and oxygen atoms in total. The molecular weight excluding hydrogens is 285 g/mol. The fourth-order valence-electron chi connectivity index (χ4n) is 1.66. The van der Waals surface area contributed by atoms with Crippen molar-refractivity contribution in [3.63, 3.8) is 0 Å². The number of nitrogens with zero attached hydrogens (tertiary/aromatic N) is 1. The summed E-state index contributed by atoms with van der Waals surface area (Å²) in [5.41, 5.74) is 1.76. The molecule has 2 aromatic rings. The zero-order valence-corrected chi connectivity index (χ0v) is 11.6. The summed E-state index contributed by atoms with van der Waals surface area (Å²) in [5.74, 6) is -0.0660. The van der Waals surface area contributed by atoms with E-state index in [2.05, 4.69) is 15.3 Å². The van der Waals surface area contributed by atoms with E-state index >= 15 is 0 Å². The van der Waals surface area contributed by atoms with Crippen molar-refractivity contribution in [3.05, 3.63) is 52.0 Å². The summed E-state index contributed by atoms with van der Waals surface area (Å²) < 4.78 is 0. The van der Waals surface area contributed by atoms with E-state index in [4.69, 9.17) is 23.2 Å². The highest BCUT2D eigenvalue weighted by Gasteiger charge is 2.07. The third-order valence-corrected chi connectivity index (χ3v) is 3.22. The maximum Gasteiger partial charge on any atom is 0.224 e. The van der Waals surface area contributed by atoms with E-state index in [1.54, 1.807) is 30.7 Å². The molecule has 1 heterocycles. The largest absolute Gasteiger partial charge is 0.355 e. The Morgan fingerprint density at radius 1 is 1.37 bits per heavy atom. The molecule has 0 aliphatic heterocycles. The number of hydrogen-bond acceptors (Lipinski definition) is 2. The number of aromatic amines is 1. The van der Waals surface area contributed by atoms with Crippen molar-refractivity contribution in [2.45, 2.75) is 12.8 Å². The van der Waals surface area contributed by atoms with Crippen molar-refractivity contribution in [3.8, 4) is 0 Å². The average molecular weight is 298 g/mol. The van der Waals surface area contributed by atoms with Gasteiger partial charge < -0.3 is 10.3 Å². The van der Waals surface area contributed by atoms with Gasteiger partial charge in [-0.1, -0.05) is 29.3 Å². The van der Waals surface area contributed by atoms with E-state index in [1.165, 1.54) is 0 Å². The Kier molecular flexibility index (Phi) is 4.82. The number of imidazole rings is 1. The second kappa shape index (κ2) is 6.59. The summed E-state index contributed by atoms with van der Waals surface area (Å²) in [7, 11) is 0. The minimum Gasteiger partial charge on any atom is -0.355 e. The third kappa shape index (κ3) is 4.26. The molecule has 0 saturated carbocycles. The predicted octanol–water partition coefficient (Wildman–Crippen LogP) is 2.62. The van der Waals surface area contributed by atoms with Gasteiger partial charge in [0.15, 0.2) is 0 Å². The molecular formula is C13H13Cl2N3O. The van der Waals surface area contributed by atoms with E-state index in [9.17, 15) is 4.79 Å². The first kappa shape index (κ1) is 13.9. The van der Waals surface area contributed by atoms with Gasteiger partial charge in [0.2, 0.25) is 5.91 Å². The molecule has 0 bridgehead atoms. The summed E-state index contributed by atoms with van der Waals surface area (Å²) in [6, 6.07) is 5.12. The fraction of sp³-hybridized carbons (Fsp3) is 0.231. The van der Waals surface area contributed by atoms with Crippen LogP contribution in [0.15, 0.2) is 30.7 Å². The molecule has 0 spiro atoms. The number of amides is 1. The molecule has 2 rings (SSSR count). The lowest BCUT2D eigenvalue weighted by molar-refractivity contribution is -0.120. The lowest BCUT2D eigenvalue weighted by Crippen LogP contribution is -2.27. The van der Waals surface area contributed by atoms with Crippen molar-refractivity contribution < 1.29 is 4.79 Å². The highest BCUT2D eigenvalue weighted by molar-refractivity contribution is 6.35. The third-order valence-electron chi connectivity index (χ3n) is 2.64. The Bertz CT molecular complexity index is 555. The van der Waals surface area contributed by atoms with E-state index in [0.717, 1.165) is 17.7 Å². The van der Waals surface area contributed by atoms with Crippen molar-refractivity contribution in [1.82, 2.24) is 15.3 Å². The van der Waals surface area contributed by atoms with Gasteiger partial charge in [0.25, 0.3) is 0 Å². The predicted molar refractivity (Wildman–Crippen MR) is 75.5 cm³/mol. The maximum atomic E-state index is 11.7. The van der Waals surface area contributed by atoms with E-state index in [-0.39, 0.29) is 12.3 Å². The maximum absolute atomic E-state index is 11.7. The summed E-state index contributed by atoms with van der Waals surface area (Å²) in [6.45, 7) is 0.562. The number of rotatable bonds is 5. The quantitative estimate of drug-likeness (QED) is 0.891. The lowest BCUT2D eigenvalue weighted by atomic mass is 10.1. The minimum atomic E-state index is -0.0660. The molecule has 2 N–H and O–H groups in total. The van der Waals surface area contributed by atoms with Gasteiger partial charge in [-0.2, -0.15) is 0 Å². The van der Waals surface area contributed by atoms with Gasteiger partial charge in [-0.3, -0.25) is 4.79 Å². The topological polar surface area (TPSA) is 57.8 Å². The van der Waals surface area contributed by atoms with E-state index in [1.807, 2.05) is 0 Å².